The molecule has 0 aliphatic carbocycles. The van der Waals surface area contributed by atoms with Gasteiger partial charge in [-0.05, 0) is 42.0 Å². The van der Waals surface area contributed by atoms with Gasteiger partial charge in [-0.25, -0.2) is 4.98 Å². The largest absolute Gasteiger partial charge is 0.311 e. The number of fused-ring (bicyclic) bond motifs is 2. The highest BCUT2D eigenvalue weighted by atomic mass is 32.1. The quantitative estimate of drug-likeness (QED) is 0.474. The Morgan fingerprint density at radius 2 is 1.94 bits per heavy atom. The highest BCUT2D eigenvalue weighted by Gasteiger charge is 2.23. The predicted molar refractivity (Wildman–Crippen MR) is 126 cm³/mol. The van der Waals surface area contributed by atoms with Crippen molar-refractivity contribution in [3.05, 3.63) is 81.7 Å². The van der Waals surface area contributed by atoms with Gasteiger partial charge in [-0.1, -0.05) is 49.4 Å². The fourth-order valence-electron chi connectivity index (χ4n) is 4.24. The number of anilines is 1. The minimum atomic E-state index is -0.167. The Labute approximate surface area is 184 Å². The Morgan fingerprint density at radius 1 is 1.13 bits per heavy atom. The molecule has 0 saturated heterocycles. The first kappa shape index (κ1) is 19.7. The molecule has 0 bridgehead atoms. The number of thiophene rings is 1. The molecule has 2 aromatic heterocycles. The highest BCUT2D eigenvalue weighted by Crippen LogP contribution is 2.31. The van der Waals surface area contributed by atoms with E-state index in [0.717, 1.165) is 36.1 Å². The third kappa shape index (κ3) is 3.57. The fourth-order valence-corrected chi connectivity index (χ4v) is 5.14. The number of nitrogens with zero attached hydrogens (tertiary/aromatic N) is 3. The number of rotatable bonds is 4. The molecule has 31 heavy (non-hydrogen) atoms. The zero-order valence-electron chi connectivity index (χ0n) is 17.4. The second-order valence-electron chi connectivity index (χ2n) is 7.84. The number of benzene rings is 2. The molecule has 0 unspecified atom stereocenters. The van der Waals surface area contributed by atoms with Crippen LogP contribution in [0.25, 0.3) is 21.3 Å². The van der Waals surface area contributed by atoms with Crippen LogP contribution in [0.3, 0.4) is 0 Å². The van der Waals surface area contributed by atoms with E-state index in [1.54, 1.807) is 4.90 Å². The Morgan fingerprint density at radius 3 is 2.74 bits per heavy atom. The molecule has 4 aromatic rings. The molecular formula is C25H23N3O2S. The molecule has 0 atom stereocenters. The normalized spacial score (nSPS) is 13.4. The first-order valence-electron chi connectivity index (χ1n) is 10.6. The van der Waals surface area contributed by atoms with Crippen LogP contribution in [0, 0.1) is 0 Å². The maximum atomic E-state index is 13.3. The number of aryl methyl sites for hydroxylation is 2. The average Bonchev–Trinajstić information content (AvgIpc) is 3.25. The van der Waals surface area contributed by atoms with E-state index in [0.29, 0.717) is 16.8 Å². The van der Waals surface area contributed by atoms with Gasteiger partial charge in [0.15, 0.2) is 0 Å². The van der Waals surface area contributed by atoms with Crippen molar-refractivity contribution < 1.29 is 4.79 Å². The van der Waals surface area contributed by atoms with E-state index in [2.05, 4.69) is 30.1 Å². The smallest absolute Gasteiger partial charge is 0.263 e. The standard InChI is InChI=1S/C25H23N3O2S/c1-2-17-9-11-18(12-10-17)20-15-31-24-23(20)25(30)27(16-26-24)14-22(29)28-13-5-7-19-6-3-4-8-21(19)28/h3-4,6,8-12,15-16H,2,5,7,13-14H2,1H3. The number of carbonyl (C=O) groups is 1. The van der Waals surface area contributed by atoms with E-state index in [9.17, 15) is 9.59 Å². The molecule has 1 amide bonds. The minimum Gasteiger partial charge on any atom is -0.311 e. The zero-order chi connectivity index (χ0) is 21.4. The summed E-state index contributed by atoms with van der Waals surface area (Å²) in [6.07, 6.45) is 4.37. The monoisotopic (exact) mass is 429 g/mol. The zero-order valence-corrected chi connectivity index (χ0v) is 18.2. The maximum absolute atomic E-state index is 13.3. The lowest BCUT2D eigenvalue weighted by molar-refractivity contribution is -0.119. The molecule has 0 spiro atoms. The van der Waals surface area contributed by atoms with Crippen LogP contribution in [0.2, 0.25) is 0 Å². The third-order valence-electron chi connectivity index (χ3n) is 5.95. The Kier molecular flexibility index (Phi) is 5.16. The van der Waals surface area contributed by atoms with Crippen molar-refractivity contribution in [3.63, 3.8) is 0 Å². The predicted octanol–water partition coefficient (Wildman–Crippen LogP) is 4.67. The van der Waals surface area contributed by atoms with Gasteiger partial charge in [0.25, 0.3) is 5.56 Å². The first-order valence-corrected chi connectivity index (χ1v) is 11.5. The highest BCUT2D eigenvalue weighted by molar-refractivity contribution is 7.17. The van der Waals surface area contributed by atoms with E-state index >= 15 is 0 Å². The molecule has 2 aromatic carbocycles. The molecule has 0 N–H and O–H groups in total. The summed E-state index contributed by atoms with van der Waals surface area (Å²) in [6, 6.07) is 16.3. The van der Waals surface area contributed by atoms with Crippen LogP contribution in [-0.4, -0.2) is 22.0 Å². The number of amides is 1. The SMILES string of the molecule is CCc1ccc(-c2csc3ncn(CC(=O)N4CCCc5ccccc54)c(=O)c23)cc1. The molecule has 0 radical (unpaired) electrons. The van der Waals surface area contributed by atoms with Crippen molar-refractivity contribution in [2.24, 2.45) is 0 Å². The summed E-state index contributed by atoms with van der Waals surface area (Å²) >= 11 is 1.46. The Bertz CT molecular complexity index is 1320. The van der Waals surface area contributed by atoms with Crippen LogP contribution in [0.5, 0.6) is 0 Å². The fraction of sp³-hybridized carbons (Fsp3) is 0.240. The molecule has 5 rings (SSSR count). The summed E-state index contributed by atoms with van der Waals surface area (Å²) in [4.78, 5) is 33.4. The molecule has 1 aliphatic rings. The number of aromatic nitrogens is 2. The summed E-state index contributed by atoms with van der Waals surface area (Å²) in [6.45, 7) is 2.78. The lowest BCUT2D eigenvalue weighted by Crippen LogP contribution is -2.39. The van der Waals surface area contributed by atoms with Crippen molar-refractivity contribution in [2.45, 2.75) is 32.7 Å². The van der Waals surface area contributed by atoms with Gasteiger partial charge in [-0.3, -0.25) is 14.2 Å². The van der Waals surface area contributed by atoms with Crippen LogP contribution in [-0.2, 0) is 24.2 Å². The van der Waals surface area contributed by atoms with E-state index in [4.69, 9.17) is 0 Å². The number of hydrogen-bond acceptors (Lipinski definition) is 4. The van der Waals surface area contributed by atoms with Crippen molar-refractivity contribution in [2.75, 3.05) is 11.4 Å². The van der Waals surface area contributed by atoms with Gasteiger partial charge in [0.2, 0.25) is 5.91 Å². The van der Waals surface area contributed by atoms with Crippen LogP contribution >= 0.6 is 11.3 Å². The number of hydrogen-bond donors (Lipinski definition) is 0. The van der Waals surface area contributed by atoms with Gasteiger partial charge >= 0.3 is 0 Å². The Hall–Kier alpha value is -3.25. The maximum Gasteiger partial charge on any atom is 0.263 e. The van der Waals surface area contributed by atoms with Crippen LogP contribution in [0.1, 0.15) is 24.5 Å². The molecule has 0 saturated carbocycles. The molecular weight excluding hydrogens is 406 g/mol. The van der Waals surface area contributed by atoms with Crippen molar-refractivity contribution in [1.82, 2.24) is 9.55 Å². The van der Waals surface area contributed by atoms with Crippen molar-refractivity contribution >= 4 is 33.1 Å². The van der Waals surface area contributed by atoms with Crippen LogP contribution < -0.4 is 10.5 Å². The lowest BCUT2D eigenvalue weighted by atomic mass is 10.0. The molecule has 0 fully saturated rings. The van der Waals surface area contributed by atoms with Gasteiger partial charge in [0.05, 0.1) is 11.7 Å². The lowest BCUT2D eigenvalue weighted by Gasteiger charge is -2.29. The molecule has 3 heterocycles. The van der Waals surface area contributed by atoms with E-state index < -0.39 is 0 Å². The third-order valence-corrected chi connectivity index (χ3v) is 6.84. The average molecular weight is 430 g/mol. The second-order valence-corrected chi connectivity index (χ2v) is 8.69. The van der Waals surface area contributed by atoms with Crippen LogP contribution in [0.15, 0.2) is 65.0 Å². The molecule has 156 valence electrons. The van der Waals surface area contributed by atoms with Gasteiger partial charge in [-0.15, -0.1) is 11.3 Å². The van der Waals surface area contributed by atoms with E-state index in [-0.39, 0.29) is 18.0 Å². The topological polar surface area (TPSA) is 55.2 Å². The van der Waals surface area contributed by atoms with Gasteiger partial charge < -0.3 is 4.90 Å². The molecule has 6 heteroatoms. The number of para-hydroxylation sites is 1. The van der Waals surface area contributed by atoms with E-state index in [1.165, 1.54) is 33.4 Å². The summed E-state index contributed by atoms with van der Waals surface area (Å²) in [5.41, 5.74) is 5.10. The van der Waals surface area contributed by atoms with Crippen molar-refractivity contribution in [1.29, 1.82) is 0 Å². The number of carbonyl (C=O) groups excluding carboxylic acids is 1. The van der Waals surface area contributed by atoms with Crippen LogP contribution in [0.4, 0.5) is 5.69 Å². The van der Waals surface area contributed by atoms with Gasteiger partial charge in [0.1, 0.15) is 11.4 Å². The Balaban J connectivity index is 1.49. The molecule has 5 nitrogen and oxygen atoms in total. The summed E-state index contributed by atoms with van der Waals surface area (Å²) < 4.78 is 1.44. The summed E-state index contributed by atoms with van der Waals surface area (Å²) in [5.74, 6) is -0.0838. The minimum absolute atomic E-state index is 0.0137. The van der Waals surface area contributed by atoms with E-state index in [1.807, 2.05) is 35.7 Å². The summed E-state index contributed by atoms with van der Waals surface area (Å²) in [5, 5.41) is 2.57. The molecule has 1 aliphatic heterocycles. The van der Waals surface area contributed by atoms with Crippen molar-refractivity contribution in [3.8, 4) is 11.1 Å². The van der Waals surface area contributed by atoms with Gasteiger partial charge in [0, 0.05) is 23.2 Å². The first-order chi connectivity index (χ1) is 15.2. The summed E-state index contributed by atoms with van der Waals surface area (Å²) in [7, 11) is 0. The second kappa shape index (κ2) is 8.12. The van der Waals surface area contributed by atoms with Gasteiger partial charge in [-0.2, -0.15) is 0 Å².